The Morgan fingerprint density at radius 2 is 1.11 bits per heavy atom. The van der Waals surface area contributed by atoms with Crippen molar-refractivity contribution in [2.75, 3.05) is 0 Å². The van der Waals surface area contributed by atoms with E-state index < -0.39 is 0 Å². The van der Waals surface area contributed by atoms with Crippen LogP contribution in [0.2, 0.25) is 0 Å². The molecule has 0 saturated carbocycles. The molecule has 0 unspecified atom stereocenters. The average Bonchev–Trinajstić information content (AvgIpc) is 3.26. The lowest BCUT2D eigenvalue weighted by Crippen LogP contribution is -2.17. The molecular weight excluding hydrogens is 384 g/mol. The molecular formula is C22H26N4S2. The number of fused-ring (bicyclic) bond motifs is 2. The van der Waals surface area contributed by atoms with E-state index in [0.717, 1.165) is 35.5 Å². The number of aromatic nitrogens is 2. The van der Waals surface area contributed by atoms with Crippen molar-refractivity contribution in [2.24, 2.45) is 10.2 Å². The van der Waals surface area contributed by atoms with Gasteiger partial charge in [0.15, 0.2) is 0 Å². The van der Waals surface area contributed by atoms with Crippen molar-refractivity contribution in [3.63, 3.8) is 0 Å². The highest BCUT2D eigenvalue weighted by Crippen LogP contribution is 2.18. The third-order valence-corrected chi connectivity index (χ3v) is 6.97. The van der Waals surface area contributed by atoms with E-state index in [1.165, 1.54) is 33.3 Å². The molecule has 0 fully saturated rings. The van der Waals surface area contributed by atoms with E-state index in [-0.39, 0.29) is 0 Å². The molecule has 0 saturated heterocycles. The molecule has 0 amide bonds. The molecule has 0 aliphatic rings. The van der Waals surface area contributed by atoms with Crippen LogP contribution >= 0.6 is 22.7 Å². The summed E-state index contributed by atoms with van der Waals surface area (Å²) in [6.45, 7) is 6.42. The second-order valence-corrected chi connectivity index (χ2v) is 8.93. The molecule has 0 bridgehead atoms. The lowest BCUT2D eigenvalue weighted by molar-refractivity contribution is 0.622. The summed E-state index contributed by atoms with van der Waals surface area (Å²) in [5, 5.41) is 9.45. The van der Waals surface area contributed by atoms with Crippen molar-refractivity contribution in [3.8, 4) is 0 Å². The quantitative estimate of drug-likeness (QED) is 0.349. The highest BCUT2D eigenvalue weighted by atomic mass is 32.1. The monoisotopic (exact) mass is 410 g/mol. The van der Waals surface area contributed by atoms with Crippen molar-refractivity contribution in [2.45, 2.75) is 52.6 Å². The molecule has 0 radical (unpaired) electrons. The maximum absolute atomic E-state index is 4.73. The molecule has 28 heavy (non-hydrogen) atoms. The molecule has 6 heteroatoms. The van der Waals surface area contributed by atoms with Gasteiger partial charge < -0.3 is 9.13 Å². The first-order valence-corrected chi connectivity index (χ1v) is 11.7. The Bertz CT molecular complexity index is 1110. The molecule has 146 valence electrons. The summed E-state index contributed by atoms with van der Waals surface area (Å²) in [6, 6.07) is 17.1. The Morgan fingerprint density at radius 1 is 0.679 bits per heavy atom. The number of hydrogen-bond donors (Lipinski definition) is 0. The number of thiazole rings is 2. The molecule has 0 aliphatic carbocycles. The van der Waals surface area contributed by atoms with Crippen molar-refractivity contribution in [3.05, 3.63) is 58.1 Å². The smallest absolute Gasteiger partial charge is 0.211 e. The number of rotatable bonds is 7. The zero-order chi connectivity index (χ0) is 19.3. The predicted molar refractivity (Wildman–Crippen MR) is 121 cm³/mol. The van der Waals surface area contributed by atoms with Gasteiger partial charge >= 0.3 is 0 Å². The highest BCUT2D eigenvalue weighted by Gasteiger charge is 2.07. The third kappa shape index (κ3) is 3.84. The number of para-hydroxylation sites is 2. The van der Waals surface area contributed by atoms with E-state index in [4.69, 9.17) is 10.2 Å². The SMILES string of the molecule is CCCCn1/c(=N\N=c2\sc3ccccc3n2CCCC)sc2ccccc21. The second-order valence-electron chi connectivity index (χ2n) is 6.92. The average molecular weight is 411 g/mol. The summed E-state index contributed by atoms with van der Waals surface area (Å²) in [5.41, 5.74) is 2.51. The molecule has 4 nitrogen and oxygen atoms in total. The van der Waals surface area contributed by atoms with Gasteiger partial charge in [-0.25, -0.2) is 0 Å². The molecule has 4 aromatic rings. The normalized spacial score (nSPS) is 13.2. The van der Waals surface area contributed by atoms with E-state index in [0.29, 0.717) is 0 Å². The van der Waals surface area contributed by atoms with Gasteiger partial charge in [-0.05, 0) is 37.1 Å². The van der Waals surface area contributed by atoms with Gasteiger partial charge in [-0.1, -0.05) is 73.6 Å². The molecule has 2 heterocycles. The van der Waals surface area contributed by atoms with Crippen LogP contribution in [0.5, 0.6) is 0 Å². The van der Waals surface area contributed by atoms with Crippen LogP contribution in [0.1, 0.15) is 39.5 Å². The number of benzene rings is 2. The Morgan fingerprint density at radius 3 is 1.54 bits per heavy atom. The van der Waals surface area contributed by atoms with Gasteiger partial charge in [0.25, 0.3) is 0 Å². The van der Waals surface area contributed by atoms with Crippen molar-refractivity contribution >= 4 is 43.1 Å². The molecule has 0 atom stereocenters. The van der Waals surface area contributed by atoms with Crippen LogP contribution < -0.4 is 9.60 Å². The molecule has 0 aliphatic heterocycles. The van der Waals surface area contributed by atoms with Gasteiger partial charge in [0.2, 0.25) is 9.60 Å². The Hall–Kier alpha value is -2.18. The number of aryl methyl sites for hydroxylation is 2. The van der Waals surface area contributed by atoms with E-state index in [1.807, 2.05) is 0 Å². The van der Waals surface area contributed by atoms with Crippen molar-refractivity contribution < 1.29 is 0 Å². The molecule has 2 aromatic heterocycles. The summed E-state index contributed by atoms with van der Waals surface area (Å²) < 4.78 is 7.17. The Kier molecular flexibility index (Phi) is 6.07. The number of nitrogens with zero attached hydrogens (tertiary/aromatic N) is 4. The summed E-state index contributed by atoms with van der Waals surface area (Å²) in [7, 11) is 0. The van der Waals surface area contributed by atoms with E-state index in [1.54, 1.807) is 22.7 Å². The fourth-order valence-electron chi connectivity index (χ4n) is 3.34. The molecule has 0 spiro atoms. The van der Waals surface area contributed by atoms with Gasteiger partial charge in [-0.15, -0.1) is 10.2 Å². The Labute approximate surface area is 173 Å². The largest absolute Gasteiger partial charge is 0.315 e. The van der Waals surface area contributed by atoms with E-state index >= 15 is 0 Å². The lowest BCUT2D eigenvalue weighted by Gasteiger charge is -2.03. The van der Waals surface area contributed by atoms with Gasteiger partial charge in [0.1, 0.15) is 0 Å². The number of unbranched alkanes of at least 4 members (excludes halogenated alkanes) is 2. The first-order chi connectivity index (χ1) is 13.8. The minimum Gasteiger partial charge on any atom is -0.315 e. The van der Waals surface area contributed by atoms with Crippen LogP contribution in [0, 0.1) is 0 Å². The standard InChI is InChI=1S/C22H26N4S2/c1-3-5-15-25-17-11-7-9-13-19(17)27-21(25)23-24-22-26(16-6-4-2)18-12-8-10-14-20(18)28-22/h7-14H,3-6,15-16H2,1-2H3/b23-21+,24-22+. The number of hydrogen-bond acceptors (Lipinski definition) is 4. The molecule has 4 rings (SSSR count). The van der Waals surface area contributed by atoms with Crippen molar-refractivity contribution in [1.82, 2.24) is 9.13 Å². The van der Waals surface area contributed by atoms with Gasteiger partial charge in [0, 0.05) is 13.1 Å². The first kappa shape index (κ1) is 19.2. The van der Waals surface area contributed by atoms with Crippen LogP contribution in [0.15, 0.2) is 58.7 Å². The highest BCUT2D eigenvalue weighted by molar-refractivity contribution is 7.16. The Balaban J connectivity index is 1.87. The first-order valence-electron chi connectivity index (χ1n) is 10.1. The van der Waals surface area contributed by atoms with Gasteiger partial charge in [-0.2, -0.15) is 0 Å². The van der Waals surface area contributed by atoms with E-state index in [2.05, 4.69) is 71.5 Å². The minimum atomic E-state index is 0.981. The maximum atomic E-state index is 4.73. The van der Waals surface area contributed by atoms with E-state index in [9.17, 15) is 0 Å². The van der Waals surface area contributed by atoms with Gasteiger partial charge in [-0.3, -0.25) is 0 Å². The van der Waals surface area contributed by atoms with Crippen LogP contribution in [-0.4, -0.2) is 9.13 Å². The van der Waals surface area contributed by atoms with Crippen LogP contribution in [0.3, 0.4) is 0 Å². The molecule has 2 aromatic carbocycles. The van der Waals surface area contributed by atoms with Gasteiger partial charge in [0.05, 0.1) is 20.4 Å². The minimum absolute atomic E-state index is 0.981. The third-order valence-electron chi connectivity index (χ3n) is 4.87. The zero-order valence-corrected chi connectivity index (χ0v) is 18.1. The van der Waals surface area contributed by atoms with Crippen molar-refractivity contribution in [1.29, 1.82) is 0 Å². The van der Waals surface area contributed by atoms with Crippen LogP contribution in [-0.2, 0) is 13.1 Å². The summed E-state index contributed by atoms with van der Waals surface area (Å²) >= 11 is 3.44. The topological polar surface area (TPSA) is 34.6 Å². The summed E-state index contributed by atoms with van der Waals surface area (Å²) in [4.78, 5) is 1.96. The summed E-state index contributed by atoms with van der Waals surface area (Å²) in [6.07, 6.45) is 4.63. The fourth-order valence-corrected chi connectivity index (χ4v) is 5.36. The van der Waals surface area contributed by atoms with Crippen LogP contribution in [0.25, 0.3) is 20.4 Å². The lowest BCUT2D eigenvalue weighted by atomic mass is 10.3. The summed E-state index contributed by atoms with van der Waals surface area (Å²) in [5.74, 6) is 0. The molecule has 0 N–H and O–H groups in total. The fraction of sp³-hybridized carbons (Fsp3) is 0.364. The second kappa shape index (κ2) is 8.88. The maximum Gasteiger partial charge on any atom is 0.211 e. The predicted octanol–water partition coefficient (Wildman–Crippen LogP) is 5.74. The van der Waals surface area contributed by atoms with Crippen LogP contribution in [0.4, 0.5) is 0 Å². The zero-order valence-electron chi connectivity index (χ0n) is 16.5.